The van der Waals surface area contributed by atoms with Crippen molar-refractivity contribution in [1.82, 2.24) is 20.1 Å². The van der Waals surface area contributed by atoms with Gasteiger partial charge in [0.15, 0.2) is 0 Å². The molecule has 0 spiro atoms. The zero-order valence-corrected chi connectivity index (χ0v) is 17.8. The number of oxazole rings is 1. The first-order valence-electron chi connectivity index (χ1n) is 9.49. The second-order valence-electron chi connectivity index (χ2n) is 6.90. The third kappa shape index (κ3) is 3.97. The van der Waals surface area contributed by atoms with Gasteiger partial charge in [-0.25, -0.2) is 9.67 Å². The topological polar surface area (TPSA) is 65.1 Å². The van der Waals surface area contributed by atoms with Gasteiger partial charge in [0.2, 0.25) is 5.89 Å². The lowest BCUT2D eigenvalue weighted by molar-refractivity contribution is 0.414. The molecule has 1 aromatic carbocycles. The molecule has 0 aliphatic heterocycles. The molecule has 7 heteroatoms. The molecule has 0 saturated carbocycles. The Morgan fingerprint density at radius 2 is 2.00 bits per heavy atom. The highest BCUT2D eigenvalue weighted by Gasteiger charge is 2.17. The maximum absolute atomic E-state index is 5.83. The summed E-state index contributed by atoms with van der Waals surface area (Å²) in [5.74, 6) is 2.36. The van der Waals surface area contributed by atoms with Crippen molar-refractivity contribution in [2.75, 3.05) is 7.11 Å². The van der Waals surface area contributed by atoms with E-state index in [1.807, 2.05) is 59.6 Å². The summed E-state index contributed by atoms with van der Waals surface area (Å²) in [7, 11) is 1.67. The minimum absolute atomic E-state index is 0.128. The van der Waals surface area contributed by atoms with Crippen molar-refractivity contribution in [3.05, 3.63) is 70.7 Å². The fraction of sp³-hybridized carbons (Fsp3) is 0.273. The number of aromatic nitrogens is 3. The number of hydrogen-bond donors (Lipinski definition) is 1. The van der Waals surface area contributed by atoms with E-state index in [9.17, 15) is 0 Å². The number of nitrogens with one attached hydrogen (secondary N) is 1. The molecule has 6 nitrogen and oxygen atoms in total. The van der Waals surface area contributed by atoms with E-state index in [2.05, 4.69) is 29.2 Å². The van der Waals surface area contributed by atoms with E-state index < -0.39 is 0 Å². The Kier molecular flexibility index (Phi) is 5.51. The molecule has 0 saturated heterocycles. The van der Waals surface area contributed by atoms with Gasteiger partial charge in [-0.1, -0.05) is 6.07 Å². The van der Waals surface area contributed by atoms with Gasteiger partial charge in [-0.3, -0.25) is 0 Å². The Bertz CT molecular complexity index is 1080. The van der Waals surface area contributed by atoms with Crippen LogP contribution < -0.4 is 10.1 Å². The number of thiophene rings is 1. The summed E-state index contributed by atoms with van der Waals surface area (Å²) in [5.41, 5.74) is 4.20. The van der Waals surface area contributed by atoms with Crippen LogP contribution in [0.4, 0.5) is 0 Å². The monoisotopic (exact) mass is 408 g/mol. The number of nitrogens with zero attached hydrogens (tertiary/aromatic N) is 3. The van der Waals surface area contributed by atoms with Gasteiger partial charge in [0, 0.05) is 23.8 Å². The van der Waals surface area contributed by atoms with Crippen molar-refractivity contribution in [3.8, 4) is 22.2 Å². The molecule has 1 atom stereocenters. The molecule has 0 radical (unpaired) electrons. The van der Waals surface area contributed by atoms with E-state index in [-0.39, 0.29) is 6.04 Å². The molecule has 0 fully saturated rings. The summed E-state index contributed by atoms with van der Waals surface area (Å²) < 4.78 is 13.0. The number of rotatable bonds is 7. The minimum atomic E-state index is 0.128. The maximum atomic E-state index is 5.83. The lowest BCUT2D eigenvalue weighted by Crippen LogP contribution is -2.19. The lowest BCUT2D eigenvalue weighted by atomic mass is 10.1. The van der Waals surface area contributed by atoms with Crippen molar-refractivity contribution in [2.24, 2.45) is 0 Å². The van der Waals surface area contributed by atoms with Crippen molar-refractivity contribution in [1.29, 1.82) is 0 Å². The van der Waals surface area contributed by atoms with Crippen molar-refractivity contribution in [2.45, 2.75) is 33.4 Å². The van der Waals surface area contributed by atoms with E-state index in [0.29, 0.717) is 12.4 Å². The summed E-state index contributed by atoms with van der Waals surface area (Å²) in [6.45, 7) is 6.81. The predicted octanol–water partition coefficient (Wildman–Crippen LogP) is 5.07. The molecule has 1 N–H and O–H groups in total. The molecule has 0 unspecified atom stereocenters. The Morgan fingerprint density at radius 3 is 2.69 bits per heavy atom. The number of methoxy groups -OCH3 is 1. The molecule has 3 heterocycles. The largest absolute Gasteiger partial charge is 0.497 e. The highest BCUT2D eigenvalue weighted by Crippen LogP contribution is 2.27. The summed E-state index contributed by atoms with van der Waals surface area (Å²) in [5, 5.41) is 10.1. The van der Waals surface area contributed by atoms with E-state index in [1.54, 1.807) is 18.4 Å². The third-order valence-corrected chi connectivity index (χ3v) is 5.89. The van der Waals surface area contributed by atoms with Gasteiger partial charge < -0.3 is 14.5 Å². The Hall–Kier alpha value is -2.90. The smallest absolute Gasteiger partial charge is 0.236 e. The third-order valence-electron chi connectivity index (χ3n) is 5.03. The zero-order chi connectivity index (χ0) is 20.4. The molecule has 0 bridgehead atoms. The van der Waals surface area contributed by atoms with Gasteiger partial charge in [0.25, 0.3) is 0 Å². The molecule has 4 aromatic rings. The number of ether oxygens (including phenoxy) is 1. The fourth-order valence-electron chi connectivity index (χ4n) is 3.29. The lowest BCUT2D eigenvalue weighted by Gasteiger charge is -2.13. The first-order chi connectivity index (χ1) is 14.1. The van der Waals surface area contributed by atoms with Gasteiger partial charge in [-0.05, 0) is 56.5 Å². The van der Waals surface area contributed by atoms with Crippen LogP contribution in [0.2, 0.25) is 0 Å². The van der Waals surface area contributed by atoms with Crippen LogP contribution in [0.3, 0.4) is 0 Å². The highest BCUT2D eigenvalue weighted by molar-refractivity contribution is 7.13. The summed E-state index contributed by atoms with van der Waals surface area (Å²) in [6.07, 6.45) is 1.92. The van der Waals surface area contributed by atoms with Crippen LogP contribution in [-0.2, 0) is 6.54 Å². The second kappa shape index (κ2) is 8.23. The molecule has 4 rings (SSSR count). The Morgan fingerprint density at radius 1 is 1.21 bits per heavy atom. The van der Waals surface area contributed by atoms with E-state index >= 15 is 0 Å². The highest BCUT2D eigenvalue weighted by atomic mass is 32.1. The molecule has 3 aromatic heterocycles. The SMILES string of the molecule is COc1ccc(-n2ncc([C@@H](C)NCc3nc(-c4cccs4)oc3C)c2C)cc1. The molecule has 0 aliphatic carbocycles. The molecular formula is C22H24N4O2S. The predicted molar refractivity (Wildman–Crippen MR) is 115 cm³/mol. The molecule has 0 aliphatic rings. The fourth-order valence-corrected chi connectivity index (χ4v) is 3.94. The van der Waals surface area contributed by atoms with Gasteiger partial charge in [-0.15, -0.1) is 11.3 Å². The first-order valence-corrected chi connectivity index (χ1v) is 10.4. The molecular weight excluding hydrogens is 384 g/mol. The van der Waals surface area contributed by atoms with Gasteiger partial charge in [-0.2, -0.15) is 5.10 Å². The van der Waals surface area contributed by atoms with Crippen LogP contribution in [0.5, 0.6) is 5.75 Å². The number of benzene rings is 1. The standard InChI is InChI=1S/C22H24N4O2S/c1-14(23-13-20-16(3)28-22(25-20)21-6-5-11-29-21)19-12-24-26(15(19)2)17-7-9-18(27-4)10-8-17/h5-12,14,23H,13H2,1-4H3/t14-/m1/s1. The van der Waals surface area contributed by atoms with E-state index in [0.717, 1.165) is 39.0 Å². The second-order valence-corrected chi connectivity index (χ2v) is 7.84. The number of aryl methyl sites for hydroxylation is 1. The van der Waals surface area contributed by atoms with Crippen LogP contribution in [0.15, 0.2) is 52.4 Å². The van der Waals surface area contributed by atoms with Crippen LogP contribution in [-0.4, -0.2) is 21.9 Å². The van der Waals surface area contributed by atoms with Crippen molar-refractivity contribution < 1.29 is 9.15 Å². The van der Waals surface area contributed by atoms with Crippen LogP contribution in [0.25, 0.3) is 16.5 Å². The molecule has 29 heavy (non-hydrogen) atoms. The normalized spacial score (nSPS) is 12.3. The summed E-state index contributed by atoms with van der Waals surface area (Å²) in [6, 6.07) is 12.0. The van der Waals surface area contributed by atoms with Crippen LogP contribution >= 0.6 is 11.3 Å². The summed E-state index contributed by atoms with van der Waals surface area (Å²) in [4.78, 5) is 5.70. The zero-order valence-electron chi connectivity index (χ0n) is 17.0. The first kappa shape index (κ1) is 19.4. The van der Waals surface area contributed by atoms with Gasteiger partial charge in [0.05, 0.1) is 29.6 Å². The van der Waals surface area contributed by atoms with Gasteiger partial charge >= 0.3 is 0 Å². The minimum Gasteiger partial charge on any atom is -0.497 e. The van der Waals surface area contributed by atoms with Crippen LogP contribution in [0, 0.1) is 13.8 Å². The quantitative estimate of drug-likeness (QED) is 0.463. The average Bonchev–Trinajstić information content (AvgIpc) is 3.46. The Balaban J connectivity index is 1.46. The Labute approximate surface area is 174 Å². The van der Waals surface area contributed by atoms with E-state index in [1.165, 1.54) is 0 Å². The molecule has 0 amide bonds. The van der Waals surface area contributed by atoms with Crippen LogP contribution in [0.1, 0.15) is 35.7 Å². The van der Waals surface area contributed by atoms with E-state index in [4.69, 9.17) is 9.15 Å². The van der Waals surface area contributed by atoms with Crippen molar-refractivity contribution >= 4 is 11.3 Å². The van der Waals surface area contributed by atoms with Crippen molar-refractivity contribution in [3.63, 3.8) is 0 Å². The van der Waals surface area contributed by atoms with Gasteiger partial charge in [0.1, 0.15) is 11.5 Å². The molecule has 150 valence electrons. The average molecular weight is 409 g/mol. The number of hydrogen-bond acceptors (Lipinski definition) is 6. The maximum Gasteiger partial charge on any atom is 0.236 e. The summed E-state index contributed by atoms with van der Waals surface area (Å²) >= 11 is 1.63.